The second-order valence-corrected chi connectivity index (χ2v) is 9.01. The Labute approximate surface area is 212 Å². The van der Waals surface area contributed by atoms with E-state index in [1.165, 1.54) is 0 Å². The van der Waals surface area contributed by atoms with Crippen molar-refractivity contribution in [2.75, 3.05) is 22.9 Å². The van der Waals surface area contributed by atoms with E-state index >= 15 is 0 Å². The molecule has 2 aromatic heterocycles. The third-order valence-corrected chi connectivity index (χ3v) is 5.32. The molecule has 0 saturated carbocycles. The number of nitrogens with zero attached hydrogens (tertiary/aromatic N) is 2. The Balaban J connectivity index is 0.000000147. The lowest BCUT2D eigenvalue weighted by Crippen LogP contribution is -1.91. The molecule has 0 aliphatic heterocycles. The fraction of sp³-hybridized carbons (Fsp3) is 0. The summed E-state index contributed by atoms with van der Waals surface area (Å²) >= 11 is 0. The fourth-order valence-electron chi connectivity index (χ4n) is 3.71. The number of nitrogen functional groups attached to an aromatic ring is 4. The molecule has 188 valence electrons. The average molecular weight is 515 g/mol. The maximum Gasteiger partial charge on any atom is 0.0730 e. The molecule has 37 heavy (non-hydrogen) atoms. The molecule has 0 aliphatic rings. The van der Waals surface area contributed by atoms with Gasteiger partial charge in [0.25, 0.3) is 0 Å². The van der Waals surface area contributed by atoms with Crippen molar-refractivity contribution < 1.29 is 17.5 Å². The van der Waals surface area contributed by atoms with Crippen LogP contribution in [0.15, 0.2) is 84.9 Å². The Morgan fingerprint density at radius 3 is 0.892 bits per heavy atom. The van der Waals surface area contributed by atoms with Gasteiger partial charge in [-0.25, -0.2) is 9.97 Å². The highest BCUT2D eigenvalue weighted by Gasteiger charge is 2.01. The molecular weight excluding hydrogens is 492 g/mol. The van der Waals surface area contributed by atoms with Crippen LogP contribution in [0.25, 0.3) is 43.6 Å². The molecule has 0 aliphatic carbocycles. The van der Waals surface area contributed by atoms with Crippen LogP contribution >= 0.6 is 0 Å². The van der Waals surface area contributed by atoms with E-state index in [1.54, 1.807) is 0 Å². The number of fused-ring (bicyclic) bond motifs is 4. The second-order valence-electron chi connectivity index (χ2n) is 8.19. The van der Waals surface area contributed by atoms with Gasteiger partial charge in [0.1, 0.15) is 0 Å². The fourth-order valence-corrected chi connectivity index (χ4v) is 3.71. The van der Waals surface area contributed by atoms with Crippen molar-refractivity contribution in [3.8, 4) is 0 Å². The summed E-state index contributed by atoms with van der Waals surface area (Å²) in [5, 5.41) is 4.36. The molecule has 0 atom stereocenters. The van der Waals surface area contributed by atoms with Crippen LogP contribution in [-0.2, 0) is 10.4 Å². The maximum atomic E-state index is 8.52. The minimum Gasteiger partial charge on any atom is -0.759 e. The summed E-state index contributed by atoms with van der Waals surface area (Å²) in [5.41, 5.74) is 29.4. The lowest BCUT2D eigenvalue weighted by Gasteiger charge is -2.06. The van der Waals surface area contributed by atoms with Crippen LogP contribution in [0.4, 0.5) is 22.7 Å². The van der Waals surface area contributed by atoms with E-state index in [0.717, 1.165) is 66.4 Å². The number of benzene rings is 4. The molecule has 0 saturated heterocycles. The molecular formula is C26H22N6O4S-2. The molecule has 10 nitrogen and oxygen atoms in total. The first kappa shape index (κ1) is 25.4. The largest absolute Gasteiger partial charge is 0.759 e. The smallest absolute Gasteiger partial charge is 0.0730 e. The number of hydrogen-bond donors (Lipinski definition) is 4. The molecule has 0 unspecified atom stereocenters. The van der Waals surface area contributed by atoms with Crippen molar-refractivity contribution in [3.63, 3.8) is 0 Å². The van der Waals surface area contributed by atoms with Crippen LogP contribution in [0.3, 0.4) is 0 Å². The summed E-state index contributed by atoms with van der Waals surface area (Å²) in [6, 6.07) is 27.1. The van der Waals surface area contributed by atoms with Gasteiger partial charge in [-0.05, 0) is 60.7 Å². The monoisotopic (exact) mass is 514 g/mol. The molecule has 6 aromatic rings. The van der Waals surface area contributed by atoms with Gasteiger partial charge >= 0.3 is 0 Å². The molecule has 8 N–H and O–H groups in total. The highest BCUT2D eigenvalue weighted by atomic mass is 32.3. The Morgan fingerprint density at radius 2 is 0.676 bits per heavy atom. The number of rotatable bonds is 0. The number of pyridine rings is 2. The minimum atomic E-state index is -5.17. The average Bonchev–Trinajstić information content (AvgIpc) is 2.81. The van der Waals surface area contributed by atoms with Crippen LogP contribution in [0.1, 0.15) is 0 Å². The highest BCUT2D eigenvalue weighted by molar-refractivity contribution is 7.79. The van der Waals surface area contributed by atoms with Gasteiger partial charge in [0, 0.05) is 54.7 Å². The first-order valence-electron chi connectivity index (χ1n) is 10.8. The van der Waals surface area contributed by atoms with Crippen molar-refractivity contribution in [1.29, 1.82) is 0 Å². The topological polar surface area (TPSA) is 210 Å². The Kier molecular flexibility index (Phi) is 6.94. The van der Waals surface area contributed by atoms with Crippen molar-refractivity contribution in [3.05, 3.63) is 84.9 Å². The van der Waals surface area contributed by atoms with E-state index in [0.29, 0.717) is 0 Å². The SMILES string of the molecule is Nc1ccc2cc3ccc(N)cc3nc2c1.Nc1ccc2cc3ccc(N)cc3nc2c1.O=S(=O)([O-])[O-]. The van der Waals surface area contributed by atoms with E-state index in [9.17, 15) is 0 Å². The Morgan fingerprint density at radius 1 is 0.459 bits per heavy atom. The van der Waals surface area contributed by atoms with Crippen molar-refractivity contribution in [2.24, 2.45) is 0 Å². The zero-order valence-electron chi connectivity index (χ0n) is 19.3. The van der Waals surface area contributed by atoms with E-state index in [4.69, 9.17) is 40.5 Å². The van der Waals surface area contributed by atoms with Crippen molar-refractivity contribution >= 4 is 76.8 Å². The minimum absolute atomic E-state index is 0.725. The van der Waals surface area contributed by atoms with Gasteiger partial charge in [0.05, 0.1) is 22.1 Å². The molecule has 0 bridgehead atoms. The number of anilines is 4. The van der Waals surface area contributed by atoms with Gasteiger partial charge in [-0.1, -0.05) is 24.3 Å². The van der Waals surface area contributed by atoms with Crippen molar-refractivity contribution in [1.82, 2.24) is 9.97 Å². The molecule has 2 heterocycles. The summed E-state index contributed by atoms with van der Waals surface area (Å²) in [6.07, 6.45) is 0. The van der Waals surface area contributed by atoms with Gasteiger partial charge in [-0.15, -0.1) is 0 Å². The second kappa shape index (κ2) is 10.1. The Hall–Kier alpha value is -4.71. The van der Waals surface area contributed by atoms with E-state index in [2.05, 4.69) is 22.1 Å². The van der Waals surface area contributed by atoms with Gasteiger partial charge in [0.2, 0.25) is 0 Å². The van der Waals surface area contributed by atoms with E-state index in [1.807, 2.05) is 72.8 Å². The predicted molar refractivity (Wildman–Crippen MR) is 147 cm³/mol. The van der Waals surface area contributed by atoms with E-state index in [-0.39, 0.29) is 0 Å². The summed E-state index contributed by atoms with van der Waals surface area (Å²) in [4.78, 5) is 9.08. The summed E-state index contributed by atoms with van der Waals surface area (Å²) in [5.74, 6) is 0. The van der Waals surface area contributed by atoms with Crippen LogP contribution in [0.2, 0.25) is 0 Å². The molecule has 6 rings (SSSR count). The van der Waals surface area contributed by atoms with Gasteiger partial charge in [-0.2, -0.15) is 0 Å². The van der Waals surface area contributed by atoms with Crippen LogP contribution in [0.5, 0.6) is 0 Å². The number of nitrogens with two attached hydrogens (primary N) is 4. The predicted octanol–water partition coefficient (Wildman–Crippen LogP) is 3.77. The first-order chi connectivity index (χ1) is 17.4. The molecule has 4 aromatic carbocycles. The molecule has 11 heteroatoms. The number of aromatic nitrogens is 2. The molecule has 0 fully saturated rings. The zero-order chi connectivity index (χ0) is 26.7. The van der Waals surface area contributed by atoms with Gasteiger partial charge in [0.15, 0.2) is 0 Å². The Bertz CT molecular complexity index is 1630. The molecule has 0 amide bonds. The summed E-state index contributed by atoms with van der Waals surface area (Å²) < 4.78 is 34.1. The van der Waals surface area contributed by atoms with Crippen LogP contribution < -0.4 is 22.9 Å². The normalized spacial score (nSPS) is 11.1. The maximum absolute atomic E-state index is 8.52. The van der Waals surface area contributed by atoms with Crippen molar-refractivity contribution in [2.45, 2.75) is 0 Å². The molecule has 0 radical (unpaired) electrons. The highest BCUT2D eigenvalue weighted by Crippen LogP contribution is 2.24. The lowest BCUT2D eigenvalue weighted by atomic mass is 10.1. The third kappa shape index (κ3) is 6.70. The van der Waals surface area contributed by atoms with Gasteiger partial charge in [-0.3, -0.25) is 8.42 Å². The number of hydrogen-bond acceptors (Lipinski definition) is 10. The lowest BCUT2D eigenvalue weighted by molar-refractivity contribution is 0.352. The van der Waals surface area contributed by atoms with Crippen LogP contribution in [-0.4, -0.2) is 27.5 Å². The first-order valence-corrected chi connectivity index (χ1v) is 12.2. The quantitative estimate of drug-likeness (QED) is 0.0997. The zero-order valence-corrected chi connectivity index (χ0v) is 20.1. The third-order valence-electron chi connectivity index (χ3n) is 5.32. The summed E-state index contributed by atoms with van der Waals surface area (Å²) in [7, 11) is -5.17. The van der Waals surface area contributed by atoms with E-state index < -0.39 is 10.4 Å². The van der Waals surface area contributed by atoms with Crippen LogP contribution in [0, 0.1) is 0 Å². The van der Waals surface area contributed by atoms with Gasteiger partial charge < -0.3 is 32.0 Å². The summed E-state index contributed by atoms with van der Waals surface area (Å²) in [6.45, 7) is 0. The molecule has 0 spiro atoms. The standard InChI is InChI=1S/2C13H11N3.H2O4S/c2*14-10-3-1-8-5-9-2-4-11(15)7-13(9)16-12(8)6-10;1-5(2,3)4/h2*1-7H,14-15H2;(H2,1,2,3,4)/p-2.